The van der Waals surface area contributed by atoms with Crippen LogP contribution in [0.15, 0.2) is 18.2 Å². The number of nitrogens with zero attached hydrogens (tertiary/aromatic N) is 1. The standard InChI is InChI=1S/C11H12BrNO2/c1-14-10-5-9(8-13)6-11(7-10)15-4-2-3-12/h5-7H,2-4H2,1H3. The van der Waals surface area contributed by atoms with Crippen LogP contribution in [0.2, 0.25) is 0 Å². The van der Waals surface area contributed by atoms with Crippen LogP contribution in [0.1, 0.15) is 12.0 Å². The smallest absolute Gasteiger partial charge is 0.124 e. The van der Waals surface area contributed by atoms with E-state index < -0.39 is 0 Å². The fraction of sp³-hybridized carbons (Fsp3) is 0.364. The van der Waals surface area contributed by atoms with Gasteiger partial charge in [0.25, 0.3) is 0 Å². The number of halogens is 1. The molecule has 0 bridgehead atoms. The highest BCUT2D eigenvalue weighted by atomic mass is 79.9. The maximum absolute atomic E-state index is 8.78. The lowest BCUT2D eigenvalue weighted by Crippen LogP contribution is -1.98. The number of methoxy groups -OCH3 is 1. The third-order valence-electron chi connectivity index (χ3n) is 1.79. The van der Waals surface area contributed by atoms with Gasteiger partial charge in [0, 0.05) is 11.4 Å². The van der Waals surface area contributed by atoms with Gasteiger partial charge in [-0.05, 0) is 18.6 Å². The van der Waals surface area contributed by atoms with Crippen LogP contribution in [0.5, 0.6) is 11.5 Å². The molecular weight excluding hydrogens is 258 g/mol. The average molecular weight is 270 g/mol. The first kappa shape index (κ1) is 11.9. The van der Waals surface area contributed by atoms with Crippen molar-refractivity contribution in [2.45, 2.75) is 6.42 Å². The maximum atomic E-state index is 8.78. The highest BCUT2D eigenvalue weighted by Crippen LogP contribution is 2.22. The summed E-state index contributed by atoms with van der Waals surface area (Å²) in [6.45, 7) is 0.628. The number of alkyl halides is 1. The zero-order valence-electron chi connectivity index (χ0n) is 8.50. The molecule has 1 rings (SSSR count). The van der Waals surface area contributed by atoms with E-state index in [1.807, 2.05) is 0 Å². The molecule has 0 fully saturated rings. The molecule has 0 saturated heterocycles. The Morgan fingerprint density at radius 2 is 2.07 bits per heavy atom. The minimum atomic E-state index is 0.545. The maximum Gasteiger partial charge on any atom is 0.124 e. The Morgan fingerprint density at radius 3 is 2.67 bits per heavy atom. The highest BCUT2D eigenvalue weighted by Gasteiger charge is 2.01. The number of hydrogen-bond acceptors (Lipinski definition) is 3. The van der Waals surface area contributed by atoms with Crippen molar-refractivity contribution in [3.8, 4) is 17.6 Å². The topological polar surface area (TPSA) is 42.2 Å². The average Bonchev–Trinajstić information content (AvgIpc) is 2.29. The van der Waals surface area contributed by atoms with Crippen LogP contribution in [0.25, 0.3) is 0 Å². The van der Waals surface area contributed by atoms with E-state index in [9.17, 15) is 0 Å². The van der Waals surface area contributed by atoms with Gasteiger partial charge in [-0.2, -0.15) is 5.26 Å². The molecule has 3 nitrogen and oxygen atoms in total. The molecule has 0 saturated carbocycles. The molecule has 0 spiro atoms. The first-order valence-electron chi connectivity index (χ1n) is 4.58. The normalized spacial score (nSPS) is 9.40. The van der Waals surface area contributed by atoms with Crippen molar-refractivity contribution in [2.75, 3.05) is 19.0 Å². The molecule has 15 heavy (non-hydrogen) atoms. The summed E-state index contributed by atoms with van der Waals surface area (Å²) in [5, 5.41) is 9.69. The van der Waals surface area contributed by atoms with E-state index >= 15 is 0 Å². The van der Waals surface area contributed by atoms with Crippen LogP contribution in [0.4, 0.5) is 0 Å². The number of benzene rings is 1. The van der Waals surface area contributed by atoms with E-state index in [1.165, 1.54) is 0 Å². The van der Waals surface area contributed by atoms with Crippen molar-refractivity contribution in [1.29, 1.82) is 5.26 Å². The summed E-state index contributed by atoms with van der Waals surface area (Å²) in [6, 6.07) is 7.22. The monoisotopic (exact) mass is 269 g/mol. The Labute approximate surface area is 97.7 Å². The molecular formula is C11H12BrNO2. The van der Waals surface area contributed by atoms with Gasteiger partial charge in [-0.15, -0.1) is 0 Å². The number of rotatable bonds is 5. The van der Waals surface area contributed by atoms with E-state index in [0.717, 1.165) is 11.8 Å². The van der Waals surface area contributed by atoms with E-state index in [1.54, 1.807) is 25.3 Å². The molecule has 0 aliphatic rings. The van der Waals surface area contributed by atoms with Crippen LogP contribution >= 0.6 is 15.9 Å². The second-order valence-electron chi connectivity index (χ2n) is 2.90. The molecule has 80 valence electrons. The fourth-order valence-corrected chi connectivity index (χ4v) is 1.31. The summed E-state index contributed by atoms with van der Waals surface area (Å²) >= 11 is 3.32. The highest BCUT2D eigenvalue weighted by molar-refractivity contribution is 9.09. The van der Waals surface area contributed by atoms with Crippen LogP contribution in [0, 0.1) is 11.3 Å². The molecule has 0 radical (unpaired) electrons. The molecule has 0 aromatic heterocycles. The number of ether oxygens (including phenoxy) is 2. The van der Waals surface area contributed by atoms with Crippen molar-refractivity contribution in [2.24, 2.45) is 0 Å². The largest absolute Gasteiger partial charge is 0.497 e. The summed E-state index contributed by atoms with van der Waals surface area (Å²) in [4.78, 5) is 0. The van der Waals surface area contributed by atoms with Crippen molar-refractivity contribution < 1.29 is 9.47 Å². The molecule has 0 aliphatic heterocycles. The first-order chi connectivity index (χ1) is 7.30. The summed E-state index contributed by atoms with van der Waals surface area (Å²) in [5.41, 5.74) is 0.545. The summed E-state index contributed by atoms with van der Waals surface area (Å²) in [6.07, 6.45) is 0.930. The third-order valence-corrected chi connectivity index (χ3v) is 2.35. The lowest BCUT2D eigenvalue weighted by Gasteiger charge is -2.07. The van der Waals surface area contributed by atoms with Gasteiger partial charge in [0.05, 0.1) is 25.3 Å². The summed E-state index contributed by atoms with van der Waals surface area (Å²) < 4.78 is 10.5. The van der Waals surface area contributed by atoms with E-state index in [0.29, 0.717) is 23.7 Å². The second kappa shape index (κ2) is 6.31. The fourth-order valence-electron chi connectivity index (χ4n) is 1.08. The van der Waals surface area contributed by atoms with Crippen LogP contribution in [-0.4, -0.2) is 19.0 Å². The van der Waals surface area contributed by atoms with Gasteiger partial charge < -0.3 is 9.47 Å². The van der Waals surface area contributed by atoms with Gasteiger partial charge in [0.1, 0.15) is 11.5 Å². The van der Waals surface area contributed by atoms with Gasteiger partial charge >= 0.3 is 0 Å². The number of nitriles is 1. The molecule has 0 amide bonds. The molecule has 0 N–H and O–H groups in total. The van der Waals surface area contributed by atoms with Gasteiger partial charge in [-0.3, -0.25) is 0 Å². The van der Waals surface area contributed by atoms with Crippen molar-refractivity contribution in [1.82, 2.24) is 0 Å². The molecule has 4 heteroatoms. The molecule has 0 aliphatic carbocycles. The Morgan fingerprint density at radius 1 is 1.33 bits per heavy atom. The lowest BCUT2D eigenvalue weighted by molar-refractivity contribution is 0.316. The second-order valence-corrected chi connectivity index (χ2v) is 3.69. The van der Waals surface area contributed by atoms with Crippen LogP contribution < -0.4 is 9.47 Å². The summed E-state index contributed by atoms with van der Waals surface area (Å²) in [5.74, 6) is 1.31. The van der Waals surface area contributed by atoms with Crippen molar-refractivity contribution >= 4 is 15.9 Å². The molecule has 0 unspecified atom stereocenters. The SMILES string of the molecule is COc1cc(C#N)cc(OCCCBr)c1. The predicted octanol–water partition coefficient (Wildman–Crippen LogP) is 2.73. The number of hydrogen-bond donors (Lipinski definition) is 0. The van der Waals surface area contributed by atoms with Gasteiger partial charge in [-0.1, -0.05) is 15.9 Å². The van der Waals surface area contributed by atoms with Crippen molar-refractivity contribution in [3.63, 3.8) is 0 Å². The molecule has 0 heterocycles. The van der Waals surface area contributed by atoms with Crippen molar-refractivity contribution in [3.05, 3.63) is 23.8 Å². The van der Waals surface area contributed by atoms with Gasteiger partial charge in [0.2, 0.25) is 0 Å². The molecule has 1 aromatic carbocycles. The molecule has 0 atom stereocenters. The summed E-state index contributed by atoms with van der Waals surface area (Å²) in [7, 11) is 1.57. The van der Waals surface area contributed by atoms with E-state index in [4.69, 9.17) is 14.7 Å². The minimum absolute atomic E-state index is 0.545. The predicted molar refractivity (Wildman–Crippen MR) is 61.6 cm³/mol. The van der Waals surface area contributed by atoms with Crippen LogP contribution in [-0.2, 0) is 0 Å². The lowest BCUT2D eigenvalue weighted by atomic mass is 10.2. The van der Waals surface area contributed by atoms with E-state index in [-0.39, 0.29) is 0 Å². The third kappa shape index (κ3) is 3.80. The quantitative estimate of drug-likeness (QED) is 0.610. The Bertz CT molecular complexity index is 360. The Kier molecular flexibility index (Phi) is 4.99. The molecule has 1 aromatic rings. The van der Waals surface area contributed by atoms with Crippen LogP contribution in [0.3, 0.4) is 0 Å². The zero-order valence-corrected chi connectivity index (χ0v) is 10.1. The minimum Gasteiger partial charge on any atom is -0.497 e. The zero-order chi connectivity index (χ0) is 11.1. The van der Waals surface area contributed by atoms with E-state index in [2.05, 4.69) is 22.0 Å². The van der Waals surface area contributed by atoms with Gasteiger partial charge in [-0.25, -0.2) is 0 Å². The Balaban J connectivity index is 2.74. The first-order valence-corrected chi connectivity index (χ1v) is 5.70. The van der Waals surface area contributed by atoms with Gasteiger partial charge in [0.15, 0.2) is 0 Å². The Hall–Kier alpha value is -1.21.